The van der Waals surface area contributed by atoms with Crippen LogP contribution in [0.15, 0.2) is 16.6 Å². The van der Waals surface area contributed by atoms with Gasteiger partial charge >= 0.3 is 0 Å². The van der Waals surface area contributed by atoms with Crippen LogP contribution in [0.4, 0.5) is 0 Å². The summed E-state index contributed by atoms with van der Waals surface area (Å²) in [5, 5.41) is 9.90. The van der Waals surface area contributed by atoms with Gasteiger partial charge in [0.05, 0.1) is 7.11 Å². The summed E-state index contributed by atoms with van der Waals surface area (Å²) in [5.41, 5.74) is -0.211. The second kappa shape index (κ2) is 4.38. The fourth-order valence-electron chi connectivity index (χ4n) is 1.25. The van der Waals surface area contributed by atoms with Gasteiger partial charge in [0.1, 0.15) is 5.60 Å². The number of halogens is 1. The SMILES string of the molecule is COc1cc(Br)cc(C(C)(C)ON)c1O. The highest BCUT2D eigenvalue weighted by molar-refractivity contribution is 9.10. The number of benzene rings is 1. The number of nitrogens with two attached hydrogens (primary N) is 1. The number of phenolic OH excluding ortho intramolecular Hbond substituents is 1. The van der Waals surface area contributed by atoms with E-state index >= 15 is 0 Å². The molecular formula is C10H14BrNO3. The minimum atomic E-state index is -0.777. The van der Waals surface area contributed by atoms with Crippen LogP contribution in [-0.2, 0) is 10.4 Å². The summed E-state index contributed by atoms with van der Waals surface area (Å²) >= 11 is 3.32. The lowest BCUT2D eigenvalue weighted by Crippen LogP contribution is -2.25. The monoisotopic (exact) mass is 275 g/mol. The van der Waals surface area contributed by atoms with Crippen molar-refractivity contribution in [1.29, 1.82) is 0 Å². The summed E-state index contributed by atoms with van der Waals surface area (Å²) in [5.74, 6) is 5.60. The first-order valence-corrected chi connectivity index (χ1v) is 5.16. The first kappa shape index (κ1) is 12.3. The largest absolute Gasteiger partial charge is 0.504 e. The Hall–Kier alpha value is -0.780. The van der Waals surface area contributed by atoms with Gasteiger partial charge in [-0.15, -0.1) is 0 Å². The Morgan fingerprint density at radius 2 is 2.00 bits per heavy atom. The molecule has 1 rings (SSSR count). The zero-order valence-electron chi connectivity index (χ0n) is 8.87. The van der Waals surface area contributed by atoms with Crippen molar-refractivity contribution in [3.8, 4) is 11.5 Å². The topological polar surface area (TPSA) is 64.7 Å². The van der Waals surface area contributed by atoms with Crippen LogP contribution in [0.25, 0.3) is 0 Å². The molecule has 0 radical (unpaired) electrons. The van der Waals surface area contributed by atoms with E-state index in [1.54, 1.807) is 26.0 Å². The molecule has 0 saturated heterocycles. The molecule has 84 valence electrons. The molecule has 0 aliphatic carbocycles. The summed E-state index contributed by atoms with van der Waals surface area (Å²) in [6, 6.07) is 3.41. The molecule has 1 aromatic rings. The van der Waals surface area contributed by atoms with Crippen LogP contribution in [0.1, 0.15) is 19.4 Å². The minimum absolute atomic E-state index is 0.0381. The lowest BCUT2D eigenvalue weighted by molar-refractivity contribution is -0.0252. The zero-order valence-corrected chi connectivity index (χ0v) is 10.5. The van der Waals surface area contributed by atoms with E-state index in [2.05, 4.69) is 15.9 Å². The number of hydrogen-bond acceptors (Lipinski definition) is 4. The normalized spacial score (nSPS) is 11.5. The zero-order chi connectivity index (χ0) is 11.6. The average Bonchev–Trinajstić information content (AvgIpc) is 2.20. The first-order chi connectivity index (χ1) is 6.92. The van der Waals surface area contributed by atoms with Crippen molar-refractivity contribution in [2.45, 2.75) is 19.4 Å². The second-order valence-corrected chi connectivity index (χ2v) is 4.55. The van der Waals surface area contributed by atoms with Crippen LogP contribution in [0.5, 0.6) is 11.5 Å². The van der Waals surface area contributed by atoms with Crippen molar-refractivity contribution in [2.24, 2.45) is 5.90 Å². The predicted octanol–water partition coefficient (Wildman–Crippen LogP) is 2.29. The molecule has 0 saturated carbocycles. The van der Waals surface area contributed by atoms with Crippen molar-refractivity contribution < 1.29 is 14.7 Å². The number of phenols is 1. The summed E-state index contributed by atoms with van der Waals surface area (Å²) in [4.78, 5) is 4.82. The Morgan fingerprint density at radius 3 is 2.47 bits per heavy atom. The van der Waals surface area contributed by atoms with Gasteiger partial charge in [0.25, 0.3) is 0 Å². The highest BCUT2D eigenvalue weighted by atomic mass is 79.9. The van der Waals surface area contributed by atoms with E-state index in [1.807, 2.05) is 0 Å². The van der Waals surface area contributed by atoms with Gasteiger partial charge in [-0.1, -0.05) is 15.9 Å². The third-order valence-electron chi connectivity index (χ3n) is 2.20. The molecule has 0 spiro atoms. The van der Waals surface area contributed by atoms with Crippen molar-refractivity contribution in [2.75, 3.05) is 7.11 Å². The molecular weight excluding hydrogens is 262 g/mol. The molecule has 0 bridgehead atoms. The van der Waals surface area contributed by atoms with Gasteiger partial charge in [0.2, 0.25) is 0 Å². The van der Waals surface area contributed by atoms with E-state index < -0.39 is 5.60 Å². The van der Waals surface area contributed by atoms with Gasteiger partial charge in [-0.05, 0) is 26.0 Å². The first-order valence-electron chi connectivity index (χ1n) is 4.37. The Morgan fingerprint density at radius 1 is 1.40 bits per heavy atom. The standard InChI is InChI=1S/C10H14BrNO3/c1-10(2,15-12)7-4-6(11)5-8(14-3)9(7)13/h4-5,13H,12H2,1-3H3. The molecule has 3 N–H and O–H groups in total. The summed E-state index contributed by atoms with van der Waals surface area (Å²) < 4.78 is 5.82. The minimum Gasteiger partial charge on any atom is -0.504 e. The van der Waals surface area contributed by atoms with E-state index in [0.717, 1.165) is 4.47 Å². The molecule has 0 unspecified atom stereocenters. The van der Waals surface area contributed by atoms with Gasteiger partial charge in [-0.3, -0.25) is 4.84 Å². The Kier molecular flexibility index (Phi) is 3.59. The van der Waals surface area contributed by atoms with Crippen molar-refractivity contribution in [3.05, 3.63) is 22.2 Å². The van der Waals surface area contributed by atoms with Crippen LogP contribution in [-0.4, -0.2) is 12.2 Å². The second-order valence-electron chi connectivity index (χ2n) is 3.63. The quantitative estimate of drug-likeness (QED) is 0.831. The van der Waals surface area contributed by atoms with Crippen LogP contribution >= 0.6 is 15.9 Å². The van der Waals surface area contributed by atoms with Gasteiger partial charge in [0.15, 0.2) is 11.5 Å². The predicted molar refractivity (Wildman–Crippen MR) is 60.7 cm³/mol. The highest BCUT2D eigenvalue weighted by Crippen LogP contribution is 2.40. The van der Waals surface area contributed by atoms with E-state index in [-0.39, 0.29) is 5.75 Å². The molecule has 0 atom stereocenters. The molecule has 5 heteroatoms. The number of rotatable bonds is 3. The van der Waals surface area contributed by atoms with Crippen LogP contribution in [0.2, 0.25) is 0 Å². The van der Waals surface area contributed by atoms with E-state index in [1.165, 1.54) is 7.11 Å². The number of methoxy groups -OCH3 is 1. The molecule has 0 aliphatic heterocycles. The molecule has 1 aromatic carbocycles. The van der Waals surface area contributed by atoms with Crippen LogP contribution in [0, 0.1) is 0 Å². The fourth-order valence-corrected chi connectivity index (χ4v) is 1.69. The maximum Gasteiger partial charge on any atom is 0.163 e. The molecule has 0 fully saturated rings. The van der Waals surface area contributed by atoms with Crippen molar-refractivity contribution in [1.82, 2.24) is 0 Å². The van der Waals surface area contributed by atoms with Gasteiger partial charge in [-0.2, -0.15) is 0 Å². The van der Waals surface area contributed by atoms with Crippen molar-refractivity contribution >= 4 is 15.9 Å². The van der Waals surface area contributed by atoms with Crippen LogP contribution in [0.3, 0.4) is 0 Å². The Balaban J connectivity index is 3.35. The maximum absolute atomic E-state index is 9.90. The van der Waals surface area contributed by atoms with Gasteiger partial charge < -0.3 is 9.84 Å². The van der Waals surface area contributed by atoms with Gasteiger partial charge in [-0.25, -0.2) is 5.90 Å². The summed E-state index contributed by atoms with van der Waals surface area (Å²) in [6.45, 7) is 3.52. The van der Waals surface area contributed by atoms with Gasteiger partial charge in [0, 0.05) is 10.0 Å². The number of aromatic hydroxyl groups is 1. The van der Waals surface area contributed by atoms with Crippen LogP contribution < -0.4 is 10.6 Å². The number of ether oxygens (including phenoxy) is 1. The molecule has 0 amide bonds. The highest BCUT2D eigenvalue weighted by Gasteiger charge is 2.26. The molecule has 15 heavy (non-hydrogen) atoms. The van der Waals surface area contributed by atoms with E-state index in [0.29, 0.717) is 11.3 Å². The summed E-state index contributed by atoms with van der Waals surface area (Å²) in [7, 11) is 1.49. The van der Waals surface area contributed by atoms with E-state index in [4.69, 9.17) is 15.5 Å². The molecule has 0 heterocycles. The molecule has 0 aliphatic rings. The average molecular weight is 276 g/mol. The Labute approximate surface area is 97.1 Å². The lowest BCUT2D eigenvalue weighted by Gasteiger charge is -2.24. The smallest absolute Gasteiger partial charge is 0.163 e. The third kappa shape index (κ3) is 2.42. The van der Waals surface area contributed by atoms with E-state index in [9.17, 15) is 5.11 Å². The lowest BCUT2D eigenvalue weighted by atomic mass is 9.97. The third-order valence-corrected chi connectivity index (χ3v) is 2.66. The fraction of sp³-hybridized carbons (Fsp3) is 0.400. The maximum atomic E-state index is 9.90. The molecule has 0 aromatic heterocycles. The van der Waals surface area contributed by atoms with Crippen molar-refractivity contribution in [3.63, 3.8) is 0 Å². The summed E-state index contributed by atoms with van der Waals surface area (Å²) in [6.07, 6.45) is 0. The number of hydrogen-bond donors (Lipinski definition) is 2. The Bertz CT molecular complexity index is 366. The molecule has 4 nitrogen and oxygen atoms in total.